The summed E-state index contributed by atoms with van der Waals surface area (Å²) in [6, 6.07) is 8.83. The van der Waals surface area contributed by atoms with Gasteiger partial charge in [0.2, 0.25) is 0 Å². The van der Waals surface area contributed by atoms with Crippen LogP contribution in [0.3, 0.4) is 0 Å². The second-order valence-corrected chi connectivity index (χ2v) is 6.32. The Hall–Kier alpha value is -0.800. The summed E-state index contributed by atoms with van der Waals surface area (Å²) in [5.41, 5.74) is 4.14. The molecule has 0 aliphatic heterocycles. The van der Waals surface area contributed by atoms with Crippen LogP contribution >= 0.6 is 27.3 Å². The molecule has 2 rings (SSSR count). The lowest BCUT2D eigenvalue weighted by atomic mass is 9.98. The molecular weight excluding hydrogens is 320 g/mol. The van der Waals surface area contributed by atoms with Crippen LogP contribution in [0.5, 0.6) is 5.75 Å². The molecule has 3 heteroatoms. The lowest BCUT2D eigenvalue weighted by molar-refractivity contribution is 0.413. The maximum absolute atomic E-state index is 5.44. The lowest BCUT2D eigenvalue weighted by Crippen LogP contribution is -1.99. The topological polar surface area (TPSA) is 9.23 Å². The van der Waals surface area contributed by atoms with Crippen LogP contribution in [0.25, 0.3) is 0 Å². The molecule has 0 radical (unpaired) electrons. The third-order valence-electron chi connectivity index (χ3n) is 3.38. The maximum Gasteiger partial charge on any atom is 0.134 e. The van der Waals surface area contributed by atoms with Crippen molar-refractivity contribution in [3.63, 3.8) is 0 Å². The lowest BCUT2D eigenvalue weighted by Gasteiger charge is -2.16. The van der Waals surface area contributed by atoms with Gasteiger partial charge in [0.1, 0.15) is 5.75 Å². The van der Waals surface area contributed by atoms with Crippen molar-refractivity contribution in [2.24, 2.45) is 0 Å². The summed E-state index contributed by atoms with van der Waals surface area (Å²) >= 11 is 5.59. The zero-order valence-corrected chi connectivity index (χ0v) is 14.0. The fourth-order valence-electron chi connectivity index (χ4n) is 2.23. The number of alkyl halides is 1. The number of thiophene rings is 1. The van der Waals surface area contributed by atoms with Gasteiger partial charge in [0, 0.05) is 0 Å². The van der Waals surface area contributed by atoms with Crippen LogP contribution < -0.4 is 4.74 Å². The van der Waals surface area contributed by atoms with E-state index < -0.39 is 0 Å². The Bertz CT molecular complexity index is 547. The van der Waals surface area contributed by atoms with Crippen LogP contribution in [0.4, 0.5) is 0 Å². The molecule has 0 N–H and O–H groups in total. The third-order valence-corrected chi connectivity index (χ3v) is 5.60. The molecule has 2 aromatic rings. The summed E-state index contributed by atoms with van der Waals surface area (Å²) < 4.78 is 5.44. The normalized spacial score (nSPS) is 12.4. The van der Waals surface area contributed by atoms with E-state index in [0.717, 1.165) is 18.6 Å². The second kappa shape index (κ2) is 6.58. The number of halogens is 1. The van der Waals surface area contributed by atoms with Gasteiger partial charge in [-0.25, -0.2) is 0 Å². The van der Waals surface area contributed by atoms with Crippen molar-refractivity contribution in [2.45, 2.75) is 31.5 Å². The van der Waals surface area contributed by atoms with E-state index in [9.17, 15) is 0 Å². The first-order valence-corrected chi connectivity index (χ1v) is 8.37. The minimum atomic E-state index is 0.212. The van der Waals surface area contributed by atoms with Crippen LogP contribution in [0.2, 0.25) is 0 Å². The molecule has 19 heavy (non-hydrogen) atoms. The van der Waals surface area contributed by atoms with Crippen LogP contribution in [-0.2, 0) is 12.8 Å². The molecule has 0 bridgehead atoms. The van der Waals surface area contributed by atoms with Gasteiger partial charge in [-0.2, -0.15) is 0 Å². The number of methoxy groups -OCH3 is 1. The van der Waals surface area contributed by atoms with Crippen LogP contribution in [0.15, 0.2) is 29.6 Å². The zero-order chi connectivity index (χ0) is 13.8. The van der Waals surface area contributed by atoms with E-state index in [1.54, 1.807) is 18.4 Å². The molecule has 0 amide bonds. The van der Waals surface area contributed by atoms with Gasteiger partial charge >= 0.3 is 0 Å². The van der Waals surface area contributed by atoms with Gasteiger partial charge < -0.3 is 4.74 Å². The number of hydrogen-bond acceptors (Lipinski definition) is 2. The van der Waals surface area contributed by atoms with Crippen LogP contribution in [0.1, 0.15) is 40.2 Å². The number of aryl methyl sites for hydroxylation is 2. The predicted octanol–water partition coefficient (Wildman–Crippen LogP) is 5.37. The Kier molecular flexibility index (Phi) is 5.06. The van der Waals surface area contributed by atoms with E-state index in [-0.39, 0.29) is 4.83 Å². The molecule has 102 valence electrons. The van der Waals surface area contributed by atoms with Gasteiger partial charge in [-0.3, -0.25) is 0 Å². The Morgan fingerprint density at radius 2 is 2.00 bits per heavy atom. The molecule has 0 aliphatic carbocycles. The fraction of sp³-hybridized carbons (Fsp3) is 0.375. The van der Waals surface area contributed by atoms with E-state index in [2.05, 4.69) is 53.4 Å². The Balaban J connectivity index is 2.45. The summed E-state index contributed by atoms with van der Waals surface area (Å²) in [5.74, 6) is 0.968. The summed E-state index contributed by atoms with van der Waals surface area (Å²) in [7, 11) is 1.73. The number of ether oxygens (including phenoxy) is 1. The molecule has 1 atom stereocenters. The first-order valence-electron chi connectivity index (χ1n) is 6.58. The van der Waals surface area contributed by atoms with Crippen molar-refractivity contribution in [1.29, 1.82) is 0 Å². The monoisotopic (exact) mass is 338 g/mol. The van der Waals surface area contributed by atoms with Gasteiger partial charge in [0.25, 0.3) is 0 Å². The molecule has 1 nitrogen and oxygen atoms in total. The summed E-state index contributed by atoms with van der Waals surface area (Å²) in [6.45, 7) is 4.40. The van der Waals surface area contributed by atoms with E-state index in [1.165, 1.54) is 21.6 Å². The molecule has 1 aromatic heterocycles. The van der Waals surface area contributed by atoms with Crippen molar-refractivity contribution in [1.82, 2.24) is 0 Å². The average molecular weight is 339 g/mol. The maximum atomic E-state index is 5.44. The van der Waals surface area contributed by atoms with Gasteiger partial charge in [-0.1, -0.05) is 48.0 Å². The van der Waals surface area contributed by atoms with Crippen molar-refractivity contribution in [3.05, 3.63) is 51.2 Å². The first-order chi connectivity index (χ1) is 9.21. The highest BCUT2D eigenvalue weighted by atomic mass is 79.9. The Morgan fingerprint density at radius 1 is 1.21 bits per heavy atom. The van der Waals surface area contributed by atoms with E-state index in [1.807, 2.05) is 6.07 Å². The van der Waals surface area contributed by atoms with Crippen molar-refractivity contribution < 1.29 is 4.74 Å². The smallest absolute Gasteiger partial charge is 0.134 e. The first kappa shape index (κ1) is 14.6. The predicted molar refractivity (Wildman–Crippen MR) is 86.8 cm³/mol. The quantitative estimate of drug-likeness (QED) is 0.666. The molecule has 0 fully saturated rings. The SMILES string of the molecule is CCc1ccc(CC)c(C(Br)c2sccc2OC)c1. The standard InChI is InChI=1S/C16H19BrOS/c1-4-11-6-7-12(5-2)13(10-11)15(17)16-14(18-3)8-9-19-16/h6-10,15H,4-5H2,1-3H3. The van der Waals surface area contributed by atoms with E-state index >= 15 is 0 Å². The van der Waals surface area contributed by atoms with E-state index in [0.29, 0.717) is 0 Å². The summed E-state index contributed by atoms with van der Waals surface area (Å²) in [4.78, 5) is 1.45. The highest BCUT2D eigenvalue weighted by Crippen LogP contribution is 2.41. The third kappa shape index (κ3) is 3.03. The Morgan fingerprint density at radius 3 is 2.63 bits per heavy atom. The van der Waals surface area contributed by atoms with Crippen LogP contribution in [-0.4, -0.2) is 7.11 Å². The largest absolute Gasteiger partial charge is 0.496 e. The molecule has 0 saturated heterocycles. The highest BCUT2D eigenvalue weighted by Gasteiger charge is 2.19. The molecule has 0 spiro atoms. The molecule has 1 unspecified atom stereocenters. The van der Waals surface area contributed by atoms with Crippen molar-refractivity contribution in [2.75, 3.05) is 7.11 Å². The molecule has 1 heterocycles. The average Bonchev–Trinajstić information content (AvgIpc) is 2.94. The molecule has 1 aromatic carbocycles. The van der Waals surface area contributed by atoms with Gasteiger partial charge in [-0.05, 0) is 41.0 Å². The van der Waals surface area contributed by atoms with Crippen molar-refractivity contribution in [3.8, 4) is 5.75 Å². The number of rotatable bonds is 5. The van der Waals surface area contributed by atoms with Crippen LogP contribution in [0, 0.1) is 0 Å². The molecular formula is C16H19BrOS. The minimum absolute atomic E-state index is 0.212. The molecule has 0 aliphatic rings. The number of hydrogen-bond donors (Lipinski definition) is 0. The van der Waals surface area contributed by atoms with E-state index in [4.69, 9.17) is 4.74 Å². The summed E-state index contributed by atoms with van der Waals surface area (Å²) in [5, 5.41) is 2.08. The zero-order valence-electron chi connectivity index (χ0n) is 11.6. The van der Waals surface area contributed by atoms with Gasteiger partial charge in [0.15, 0.2) is 0 Å². The minimum Gasteiger partial charge on any atom is -0.496 e. The second-order valence-electron chi connectivity index (χ2n) is 4.46. The highest BCUT2D eigenvalue weighted by molar-refractivity contribution is 9.09. The fourth-order valence-corrected chi connectivity index (χ4v) is 4.05. The number of benzene rings is 1. The molecule has 0 saturated carbocycles. The van der Waals surface area contributed by atoms with Crippen molar-refractivity contribution >= 4 is 27.3 Å². The summed E-state index contributed by atoms with van der Waals surface area (Å²) in [6.07, 6.45) is 2.12. The van der Waals surface area contributed by atoms with Gasteiger partial charge in [-0.15, -0.1) is 11.3 Å². The Labute approximate surface area is 127 Å². The van der Waals surface area contributed by atoms with Gasteiger partial charge in [0.05, 0.1) is 16.8 Å².